The first-order valence-corrected chi connectivity index (χ1v) is 11.3. The van der Waals surface area contributed by atoms with E-state index in [0.717, 1.165) is 0 Å². The molecule has 0 bridgehead atoms. The number of benzene rings is 1. The van der Waals surface area contributed by atoms with Crippen LogP contribution >= 0.6 is 23.2 Å². The number of rotatable bonds is 5. The fraction of sp³-hybridized carbons (Fsp3) is 0.389. The molecule has 0 N–H and O–H groups in total. The number of carbonyl (C=O) groups excluding carboxylic acids is 1. The zero-order valence-corrected chi connectivity index (χ0v) is 18.0. The van der Waals surface area contributed by atoms with E-state index in [-0.39, 0.29) is 58.3 Å². The molecule has 11 heteroatoms. The number of amides is 1. The quantitative estimate of drug-likeness (QED) is 0.683. The van der Waals surface area contributed by atoms with E-state index >= 15 is 0 Å². The average Bonchev–Trinajstić information content (AvgIpc) is 2.71. The third-order valence-corrected chi connectivity index (χ3v) is 7.17. The van der Waals surface area contributed by atoms with Crippen LogP contribution in [-0.4, -0.2) is 59.5 Å². The van der Waals surface area contributed by atoms with E-state index in [1.165, 1.54) is 44.2 Å². The molecule has 1 amide bonds. The Morgan fingerprint density at radius 3 is 2.45 bits per heavy atom. The number of halogens is 2. The number of nitrogens with zero attached hydrogens (tertiary/aromatic N) is 4. The minimum Gasteiger partial charge on any atom is -0.335 e. The van der Waals surface area contributed by atoms with Gasteiger partial charge in [-0.1, -0.05) is 30.1 Å². The molecule has 1 saturated heterocycles. The molecule has 29 heavy (non-hydrogen) atoms. The van der Waals surface area contributed by atoms with Crippen molar-refractivity contribution in [3.05, 3.63) is 56.4 Å². The summed E-state index contributed by atoms with van der Waals surface area (Å²) in [4.78, 5) is 26.0. The molecular formula is C18H20Cl2N4O4S. The highest BCUT2D eigenvalue weighted by molar-refractivity contribution is 7.89. The van der Waals surface area contributed by atoms with Gasteiger partial charge in [-0.3, -0.25) is 9.59 Å². The monoisotopic (exact) mass is 458 g/mol. The lowest BCUT2D eigenvalue weighted by molar-refractivity contribution is 0.0689. The summed E-state index contributed by atoms with van der Waals surface area (Å²) in [7, 11) is -3.83. The fourth-order valence-corrected chi connectivity index (χ4v) is 5.20. The van der Waals surface area contributed by atoms with Gasteiger partial charge in [0.05, 0.1) is 5.02 Å². The smallest absolute Gasteiger partial charge is 0.274 e. The molecule has 0 saturated carbocycles. The molecule has 3 rings (SSSR count). The van der Waals surface area contributed by atoms with Crippen molar-refractivity contribution >= 4 is 39.1 Å². The summed E-state index contributed by atoms with van der Waals surface area (Å²) in [5.74, 6) is -0.340. The number of sulfonamides is 1. The maximum absolute atomic E-state index is 12.9. The summed E-state index contributed by atoms with van der Waals surface area (Å²) in [6.07, 6.45) is 0.715. The van der Waals surface area contributed by atoms with E-state index in [4.69, 9.17) is 23.2 Å². The van der Waals surface area contributed by atoms with Crippen molar-refractivity contribution in [2.45, 2.75) is 24.8 Å². The molecule has 1 aromatic carbocycles. The number of aryl methyl sites for hydroxylation is 1. The molecule has 156 valence electrons. The van der Waals surface area contributed by atoms with Gasteiger partial charge in [0.2, 0.25) is 10.0 Å². The largest absolute Gasteiger partial charge is 0.335 e. The maximum Gasteiger partial charge on any atom is 0.274 e. The molecule has 1 aliphatic heterocycles. The zero-order chi connectivity index (χ0) is 21.2. The van der Waals surface area contributed by atoms with E-state index in [9.17, 15) is 18.0 Å². The Hall–Kier alpha value is -1.94. The fourth-order valence-electron chi connectivity index (χ4n) is 3.04. The third-order valence-electron chi connectivity index (χ3n) is 4.56. The summed E-state index contributed by atoms with van der Waals surface area (Å²) in [5.41, 5.74) is -0.107. The summed E-state index contributed by atoms with van der Waals surface area (Å²) >= 11 is 12.0. The van der Waals surface area contributed by atoms with E-state index in [0.29, 0.717) is 13.0 Å². The van der Waals surface area contributed by atoms with Gasteiger partial charge in [0.15, 0.2) is 0 Å². The molecule has 1 aliphatic rings. The van der Waals surface area contributed by atoms with Crippen LogP contribution in [-0.2, 0) is 16.6 Å². The van der Waals surface area contributed by atoms with Crippen molar-refractivity contribution in [2.24, 2.45) is 0 Å². The lowest BCUT2D eigenvalue weighted by Crippen LogP contribution is -2.50. The van der Waals surface area contributed by atoms with E-state index in [1.807, 2.05) is 6.92 Å². The SMILES string of the molecule is CCCn1nc(C(=O)N2CCN(S(=O)(=O)c3cc(Cl)ccc3Cl)CC2)ccc1=O. The van der Waals surface area contributed by atoms with Crippen LogP contribution in [0.5, 0.6) is 0 Å². The topological polar surface area (TPSA) is 92.6 Å². The van der Waals surface area contributed by atoms with Gasteiger partial charge >= 0.3 is 0 Å². The predicted molar refractivity (Wildman–Crippen MR) is 110 cm³/mol. The molecule has 1 aromatic heterocycles. The lowest BCUT2D eigenvalue weighted by Gasteiger charge is -2.34. The number of hydrogen-bond acceptors (Lipinski definition) is 5. The average molecular weight is 459 g/mol. The minimum atomic E-state index is -3.83. The van der Waals surface area contributed by atoms with Gasteiger partial charge < -0.3 is 4.90 Å². The van der Waals surface area contributed by atoms with Crippen molar-refractivity contribution < 1.29 is 13.2 Å². The Bertz CT molecular complexity index is 1080. The Labute approximate surface area is 178 Å². The molecule has 0 spiro atoms. The standard InChI is InChI=1S/C18H20Cl2N4O4S/c1-2-7-24-17(25)6-5-15(21-24)18(26)22-8-10-23(11-9-22)29(27,28)16-12-13(19)3-4-14(16)20/h3-6,12H,2,7-11H2,1H3. The zero-order valence-electron chi connectivity index (χ0n) is 15.7. The molecule has 2 aromatic rings. The molecular weight excluding hydrogens is 439 g/mol. The van der Waals surface area contributed by atoms with E-state index in [1.54, 1.807) is 0 Å². The predicted octanol–water partition coefficient (Wildman–Crippen LogP) is 2.11. The minimum absolute atomic E-state index is 0.0558. The van der Waals surface area contributed by atoms with Crippen molar-refractivity contribution in [3.8, 4) is 0 Å². The van der Waals surface area contributed by atoms with Crippen molar-refractivity contribution in [1.82, 2.24) is 19.0 Å². The molecule has 1 fully saturated rings. The first-order valence-electron chi connectivity index (χ1n) is 9.06. The second kappa shape index (κ2) is 8.83. The first kappa shape index (κ1) is 21.8. The number of piperazine rings is 1. The van der Waals surface area contributed by atoms with Gasteiger partial charge in [-0.05, 0) is 30.7 Å². The highest BCUT2D eigenvalue weighted by atomic mass is 35.5. The van der Waals surface area contributed by atoms with Crippen LogP contribution in [0.3, 0.4) is 0 Å². The van der Waals surface area contributed by atoms with Gasteiger partial charge in [-0.15, -0.1) is 0 Å². The Morgan fingerprint density at radius 1 is 1.10 bits per heavy atom. The van der Waals surface area contributed by atoms with Crippen LogP contribution in [0, 0.1) is 0 Å². The molecule has 0 atom stereocenters. The number of hydrogen-bond donors (Lipinski definition) is 0. The normalized spacial score (nSPS) is 15.5. The van der Waals surface area contributed by atoms with Crippen molar-refractivity contribution in [1.29, 1.82) is 0 Å². The summed E-state index contributed by atoms with van der Waals surface area (Å²) in [6.45, 7) is 2.97. The Balaban J connectivity index is 1.73. The first-order chi connectivity index (χ1) is 13.7. The van der Waals surface area contributed by atoms with Crippen molar-refractivity contribution in [3.63, 3.8) is 0 Å². The maximum atomic E-state index is 12.9. The lowest BCUT2D eigenvalue weighted by atomic mass is 10.3. The highest BCUT2D eigenvalue weighted by Gasteiger charge is 2.32. The van der Waals surface area contributed by atoms with E-state index in [2.05, 4.69) is 5.10 Å². The van der Waals surface area contributed by atoms with Crippen LogP contribution in [0.1, 0.15) is 23.8 Å². The van der Waals surface area contributed by atoms with E-state index < -0.39 is 10.0 Å². The highest BCUT2D eigenvalue weighted by Crippen LogP contribution is 2.28. The van der Waals surface area contributed by atoms with Gasteiger partial charge in [0, 0.05) is 43.8 Å². The molecule has 0 radical (unpaired) electrons. The summed E-state index contributed by atoms with van der Waals surface area (Å²) < 4.78 is 28.3. The van der Waals surface area contributed by atoms with Crippen LogP contribution in [0.2, 0.25) is 10.0 Å². The third kappa shape index (κ3) is 4.63. The van der Waals surface area contributed by atoms with Crippen LogP contribution in [0.25, 0.3) is 0 Å². The van der Waals surface area contributed by atoms with Crippen molar-refractivity contribution in [2.75, 3.05) is 26.2 Å². The summed E-state index contributed by atoms with van der Waals surface area (Å²) in [6, 6.07) is 6.99. The molecule has 0 aliphatic carbocycles. The Kier molecular flexibility index (Phi) is 6.62. The molecule has 0 unspecified atom stereocenters. The molecule has 8 nitrogen and oxygen atoms in total. The summed E-state index contributed by atoms with van der Waals surface area (Å²) in [5, 5.41) is 4.49. The van der Waals surface area contributed by atoms with Gasteiger partial charge in [-0.2, -0.15) is 9.40 Å². The van der Waals surface area contributed by atoms with Gasteiger partial charge in [0.1, 0.15) is 10.6 Å². The van der Waals surface area contributed by atoms with Crippen LogP contribution < -0.4 is 5.56 Å². The molecule has 2 heterocycles. The second-order valence-electron chi connectivity index (χ2n) is 6.55. The number of aromatic nitrogens is 2. The van der Waals surface area contributed by atoms with Gasteiger partial charge in [0.25, 0.3) is 11.5 Å². The van der Waals surface area contributed by atoms with Crippen LogP contribution in [0.4, 0.5) is 0 Å². The van der Waals surface area contributed by atoms with Gasteiger partial charge in [-0.25, -0.2) is 13.1 Å². The Morgan fingerprint density at radius 2 is 1.79 bits per heavy atom. The van der Waals surface area contributed by atoms with Crippen LogP contribution in [0.15, 0.2) is 40.0 Å². The second-order valence-corrected chi connectivity index (χ2v) is 9.30. The number of carbonyl (C=O) groups is 1.